The van der Waals surface area contributed by atoms with Crippen LogP contribution in [0.2, 0.25) is 0 Å². The van der Waals surface area contributed by atoms with Crippen LogP contribution >= 0.6 is 0 Å². The zero-order chi connectivity index (χ0) is 20.6. The minimum absolute atomic E-state index is 0.0202. The number of hydrogen-bond donors (Lipinski definition) is 1. The SMILES string of the molecule is CC(=O)N(CC(=O)Nc1ccc(Oc2ccccc2)cc1)C(C)c1ccccc1. The minimum Gasteiger partial charge on any atom is -0.457 e. The second-order valence-electron chi connectivity index (χ2n) is 6.72. The number of carbonyl (C=O) groups excluding carboxylic acids is 2. The lowest BCUT2D eigenvalue weighted by molar-refractivity contribution is -0.134. The highest BCUT2D eigenvalue weighted by Crippen LogP contribution is 2.23. The molecule has 0 spiro atoms. The highest BCUT2D eigenvalue weighted by molar-refractivity contribution is 5.94. The molecule has 0 aromatic heterocycles. The molecule has 0 aliphatic carbocycles. The molecule has 5 heteroatoms. The number of carbonyl (C=O) groups is 2. The van der Waals surface area contributed by atoms with E-state index >= 15 is 0 Å². The first-order valence-electron chi connectivity index (χ1n) is 9.48. The van der Waals surface area contributed by atoms with Crippen molar-refractivity contribution in [1.29, 1.82) is 0 Å². The van der Waals surface area contributed by atoms with Crippen molar-refractivity contribution in [2.75, 3.05) is 11.9 Å². The van der Waals surface area contributed by atoms with Crippen molar-refractivity contribution >= 4 is 17.5 Å². The molecular formula is C24H24N2O3. The molecule has 0 fully saturated rings. The van der Waals surface area contributed by atoms with Gasteiger partial charge < -0.3 is 15.0 Å². The standard InChI is InChI=1S/C24H24N2O3/c1-18(20-9-5-3-6-10-20)26(19(2)27)17-24(28)25-21-13-15-23(16-14-21)29-22-11-7-4-8-12-22/h3-16,18H,17H2,1-2H3,(H,25,28). The van der Waals surface area contributed by atoms with Crippen molar-refractivity contribution in [2.45, 2.75) is 19.9 Å². The highest BCUT2D eigenvalue weighted by Gasteiger charge is 2.21. The molecule has 1 atom stereocenters. The van der Waals surface area contributed by atoms with E-state index in [9.17, 15) is 9.59 Å². The van der Waals surface area contributed by atoms with E-state index in [1.807, 2.05) is 67.6 Å². The molecule has 0 radical (unpaired) electrons. The molecule has 1 unspecified atom stereocenters. The molecule has 29 heavy (non-hydrogen) atoms. The number of ether oxygens (including phenoxy) is 1. The number of rotatable bonds is 7. The Morgan fingerprint density at radius 3 is 2.00 bits per heavy atom. The molecule has 3 aromatic rings. The van der Waals surface area contributed by atoms with Gasteiger partial charge >= 0.3 is 0 Å². The first kappa shape index (κ1) is 20.1. The molecule has 3 rings (SSSR count). The van der Waals surface area contributed by atoms with E-state index < -0.39 is 0 Å². The van der Waals surface area contributed by atoms with Gasteiger partial charge in [0.05, 0.1) is 6.04 Å². The fraction of sp³-hybridized carbons (Fsp3) is 0.167. The lowest BCUT2D eigenvalue weighted by Crippen LogP contribution is -2.38. The van der Waals surface area contributed by atoms with Crippen molar-refractivity contribution in [2.24, 2.45) is 0 Å². The fourth-order valence-electron chi connectivity index (χ4n) is 3.02. The largest absolute Gasteiger partial charge is 0.457 e. The Labute approximate surface area is 170 Å². The zero-order valence-electron chi connectivity index (χ0n) is 16.5. The molecule has 0 aliphatic rings. The summed E-state index contributed by atoms with van der Waals surface area (Å²) in [5.41, 5.74) is 1.63. The summed E-state index contributed by atoms with van der Waals surface area (Å²) < 4.78 is 5.75. The van der Waals surface area contributed by atoms with E-state index in [1.54, 1.807) is 29.2 Å². The average molecular weight is 388 g/mol. The van der Waals surface area contributed by atoms with Crippen LogP contribution in [0.3, 0.4) is 0 Å². The van der Waals surface area contributed by atoms with Crippen LogP contribution in [0.4, 0.5) is 5.69 Å². The molecule has 148 valence electrons. The lowest BCUT2D eigenvalue weighted by Gasteiger charge is -2.28. The number of anilines is 1. The molecule has 5 nitrogen and oxygen atoms in total. The van der Waals surface area contributed by atoms with Gasteiger partial charge in [0.2, 0.25) is 11.8 Å². The van der Waals surface area contributed by atoms with Crippen molar-refractivity contribution in [3.05, 3.63) is 90.5 Å². The summed E-state index contributed by atoms with van der Waals surface area (Å²) in [6.07, 6.45) is 0. The van der Waals surface area contributed by atoms with Gasteiger partial charge in [-0.15, -0.1) is 0 Å². The monoisotopic (exact) mass is 388 g/mol. The van der Waals surface area contributed by atoms with E-state index in [0.29, 0.717) is 11.4 Å². The minimum atomic E-state index is -0.250. The molecule has 2 amide bonds. The maximum atomic E-state index is 12.5. The molecule has 0 heterocycles. The maximum Gasteiger partial charge on any atom is 0.244 e. The van der Waals surface area contributed by atoms with Crippen LogP contribution in [0.15, 0.2) is 84.9 Å². The maximum absolute atomic E-state index is 12.5. The van der Waals surface area contributed by atoms with E-state index in [0.717, 1.165) is 11.3 Å². The van der Waals surface area contributed by atoms with E-state index in [2.05, 4.69) is 5.32 Å². The topological polar surface area (TPSA) is 58.6 Å². The van der Waals surface area contributed by atoms with Crippen LogP contribution in [0, 0.1) is 0 Å². The fourth-order valence-corrected chi connectivity index (χ4v) is 3.02. The lowest BCUT2D eigenvalue weighted by atomic mass is 10.1. The third kappa shape index (κ3) is 5.69. The Bertz CT molecular complexity index is 941. The van der Waals surface area contributed by atoms with Crippen LogP contribution in [0.5, 0.6) is 11.5 Å². The number of hydrogen-bond acceptors (Lipinski definition) is 3. The van der Waals surface area contributed by atoms with Gasteiger partial charge in [0.25, 0.3) is 0 Å². The smallest absolute Gasteiger partial charge is 0.244 e. The third-order valence-corrected chi connectivity index (χ3v) is 4.58. The Hall–Kier alpha value is -3.60. The van der Waals surface area contributed by atoms with Gasteiger partial charge in [-0.1, -0.05) is 48.5 Å². The first-order valence-corrected chi connectivity index (χ1v) is 9.48. The van der Waals surface area contributed by atoms with E-state index in [4.69, 9.17) is 4.74 Å². The van der Waals surface area contributed by atoms with Crippen LogP contribution in [-0.2, 0) is 9.59 Å². The van der Waals surface area contributed by atoms with E-state index in [1.165, 1.54) is 6.92 Å². The Morgan fingerprint density at radius 2 is 1.41 bits per heavy atom. The summed E-state index contributed by atoms with van der Waals surface area (Å²) in [5, 5.41) is 2.84. The Kier molecular flexibility index (Phi) is 6.63. The highest BCUT2D eigenvalue weighted by atomic mass is 16.5. The van der Waals surface area contributed by atoms with Gasteiger partial charge in [0, 0.05) is 12.6 Å². The van der Waals surface area contributed by atoms with Crippen LogP contribution in [-0.4, -0.2) is 23.3 Å². The van der Waals surface area contributed by atoms with Crippen molar-refractivity contribution < 1.29 is 14.3 Å². The predicted octanol–water partition coefficient (Wildman–Crippen LogP) is 5.03. The molecule has 0 aliphatic heterocycles. The Balaban J connectivity index is 1.60. The van der Waals surface area contributed by atoms with Gasteiger partial charge in [-0.05, 0) is 48.9 Å². The molecule has 0 saturated carbocycles. The quantitative estimate of drug-likeness (QED) is 0.618. The summed E-state index contributed by atoms with van der Waals surface area (Å²) in [6.45, 7) is 3.37. The summed E-state index contributed by atoms with van der Waals surface area (Å²) in [5.74, 6) is 1.02. The number of nitrogens with zero attached hydrogens (tertiary/aromatic N) is 1. The second-order valence-corrected chi connectivity index (χ2v) is 6.72. The molecular weight excluding hydrogens is 364 g/mol. The van der Waals surface area contributed by atoms with Gasteiger partial charge in [-0.2, -0.15) is 0 Å². The number of nitrogens with one attached hydrogen (secondary N) is 1. The summed E-state index contributed by atoms with van der Waals surface area (Å²) >= 11 is 0. The zero-order valence-corrected chi connectivity index (χ0v) is 16.5. The van der Waals surface area contributed by atoms with Crippen LogP contribution in [0.25, 0.3) is 0 Å². The van der Waals surface area contributed by atoms with Crippen LogP contribution < -0.4 is 10.1 Å². The molecule has 1 N–H and O–H groups in total. The number of para-hydroxylation sites is 1. The van der Waals surface area contributed by atoms with Gasteiger partial charge in [-0.3, -0.25) is 9.59 Å². The average Bonchev–Trinajstić information content (AvgIpc) is 2.74. The second kappa shape index (κ2) is 9.55. The Morgan fingerprint density at radius 1 is 0.862 bits per heavy atom. The normalized spacial score (nSPS) is 11.4. The number of benzene rings is 3. The van der Waals surface area contributed by atoms with Crippen LogP contribution in [0.1, 0.15) is 25.5 Å². The number of amides is 2. The molecule has 3 aromatic carbocycles. The van der Waals surface area contributed by atoms with Gasteiger partial charge in [0.1, 0.15) is 18.0 Å². The van der Waals surface area contributed by atoms with Gasteiger partial charge in [0.15, 0.2) is 0 Å². The summed E-state index contributed by atoms with van der Waals surface area (Å²) in [7, 11) is 0. The molecule has 0 saturated heterocycles. The summed E-state index contributed by atoms with van der Waals surface area (Å²) in [4.78, 5) is 26.2. The van der Waals surface area contributed by atoms with Crippen molar-refractivity contribution in [3.8, 4) is 11.5 Å². The summed E-state index contributed by atoms with van der Waals surface area (Å²) in [6, 6.07) is 26.1. The molecule has 0 bridgehead atoms. The van der Waals surface area contributed by atoms with Crippen molar-refractivity contribution in [1.82, 2.24) is 4.90 Å². The first-order chi connectivity index (χ1) is 14.0. The van der Waals surface area contributed by atoms with E-state index in [-0.39, 0.29) is 24.4 Å². The van der Waals surface area contributed by atoms with Gasteiger partial charge in [-0.25, -0.2) is 0 Å². The predicted molar refractivity (Wildman–Crippen MR) is 114 cm³/mol. The van der Waals surface area contributed by atoms with Crippen molar-refractivity contribution in [3.63, 3.8) is 0 Å². The third-order valence-electron chi connectivity index (χ3n) is 4.58.